The van der Waals surface area contributed by atoms with Gasteiger partial charge in [0.1, 0.15) is 11.4 Å². The van der Waals surface area contributed by atoms with E-state index in [0.29, 0.717) is 18.7 Å². The zero-order chi connectivity index (χ0) is 20.2. The predicted octanol–water partition coefficient (Wildman–Crippen LogP) is 1.80. The first-order valence-electron chi connectivity index (χ1n) is 9.39. The second-order valence-electron chi connectivity index (χ2n) is 6.63. The molecule has 148 valence electrons. The lowest BCUT2D eigenvalue weighted by Crippen LogP contribution is -2.29. The summed E-state index contributed by atoms with van der Waals surface area (Å²) in [5, 5.41) is 11.9. The number of methoxy groups -OCH3 is 1. The number of pyridine rings is 1. The molecule has 0 atom stereocenters. The molecule has 0 aliphatic carbocycles. The third-order valence-electron chi connectivity index (χ3n) is 4.83. The van der Waals surface area contributed by atoms with E-state index in [4.69, 9.17) is 4.74 Å². The average molecular weight is 391 g/mol. The van der Waals surface area contributed by atoms with Gasteiger partial charge in [0.2, 0.25) is 5.91 Å². The molecule has 29 heavy (non-hydrogen) atoms. The van der Waals surface area contributed by atoms with Gasteiger partial charge in [-0.1, -0.05) is 12.1 Å². The first-order valence-corrected chi connectivity index (χ1v) is 9.39. The van der Waals surface area contributed by atoms with Gasteiger partial charge in [0.25, 0.3) is 5.56 Å². The highest BCUT2D eigenvalue weighted by molar-refractivity contribution is 5.86. The van der Waals surface area contributed by atoms with Gasteiger partial charge in [-0.25, -0.2) is 0 Å². The zero-order valence-electron chi connectivity index (χ0n) is 16.0. The summed E-state index contributed by atoms with van der Waals surface area (Å²) >= 11 is 0. The number of nitrogens with one attached hydrogen (secondary N) is 1. The highest BCUT2D eigenvalue weighted by Crippen LogP contribution is 2.25. The molecule has 8 heteroatoms. The highest BCUT2D eigenvalue weighted by atomic mass is 16.5. The molecule has 1 aromatic carbocycles. The minimum Gasteiger partial charge on any atom is -0.496 e. The van der Waals surface area contributed by atoms with Gasteiger partial charge >= 0.3 is 0 Å². The van der Waals surface area contributed by atoms with Crippen molar-refractivity contribution in [3.63, 3.8) is 0 Å². The molecule has 0 aliphatic heterocycles. The molecule has 4 aromatic rings. The van der Waals surface area contributed by atoms with Gasteiger partial charge in [-0.15, -0.1) is 10.2 Å². The van der Waals surface area contributed by atoms with E-state index >= 15 is 0 Å². The number of aryl methyl sites for hydroxylation is 1. The second-order valence-corrected chi connectivity index (χ2v) is 6.63. The molecule has 0 saturated heterocycles. The molecule has 1 N–H and O–H groups in total. The molecule has 0 radical (unpaired) electrons. The Morgan fingerprint density at radius 2 is 2.00 bits per heavy atom. The summed E-state index contributed by atoms with van der Waals surface area (Å²) in [5.41, 5.74) is 1.59. The van der Waals surface area contributed by atoms with Gasteiger partial charge < -0.3 is 14.6 Å². The zero-order valence-corrected chi connectivity index (χ0v) is 16.0. The Bertz CT molecular complexity index is 1230. The fourth-order valence-electron chi connectivity index (χ4n) is 3.34. The fourth-order valence-corrected chi connectivity index (χ4v) is 3.34. The lowest BCUT2D eigenvalue weighted by atomic mass is 10.2. The third-order valence-corrected chi connectivity index (χ3v) is 4.83. The van der Waals surface area contributed by atoms with Crippen LogP contribution in [0.3, 0.4) is 0 Å². The molecular weight excluding hydrogens is 370 g/mol. The molecule has 4 rings (SSSR count). The first-order chi connectivity index (χ1) is 14.2. The topological polar surface area (TPSA) is 90.5 Å². The van der Waals surface area contributed by atoms with Crippen molar-refractivity contribution >= 4 is 22.5 Å². The quantitative estimate of drug-likeness (QED) is 0.519. The Morgan fingerprint density at radius 3 is 2.86 bits per heavy atom. The number of carbonyl (C=O) groups excluding carboxylic acids is 1. The fraction of sp³-hybridized carbons (Fsp3) is 0.238. The van der Waals surface area contributed by atoms with E-state index in [1.807, 2.05) is 30.5 Å². The number of fused-ring (bicyclic) bond motifs is 2. The summed E-state index contributed by atoms with van der Waals surface area (Å²) in [7, 11) is 1.65. The van der Waals surface area contributed by atoms with Crippen molar-refractivity contribution in [3.8, 4) is 5.75 Å². The third kappa shape index (κ3) is 3.82. The first kappa shape index (κ1) is 18.7. The van der Waals surface area contributed by atoms with Gasteiger partial charge in [-0.2, -0.15) is 0 Å². The Kier molecular flexibility index (Phi) is 5.24. The second kappa shape index (κ2) is 8.14. The normalized spacial score (nSPS) is 11.1. The van der Waals surface area contributed by atoms with Crippen molar-refractivity contribution in [1.82, 2.24) is 24.5 Å². The highest BCUT2D eigenvalue weighted by Gasteiger charge is 2.10. The van der Waals surface area contributed by atoms with Gasteiger partial charge in [-0.3, -0.25) is 14.0 Å². The number of benzene rings is 1. The lowest BCUT2D eigenvalue weighted by Gasteiger charge is -2.08. The largest absolute Gasteiger partial charge is 0.496 e. The smallest absolute Gasteiger partial charge is 0.279 e. The minimum absolute atomic E-state index is 0.126. The van der Waals surface area contributed by atoms with Crippen molar-refractivity contribution in [1.29, 1.82) is 0 Å². The number of nitrogens with zero attached hydrogens (tertiary/aromatic N) is 4. The van der Waals surface area contributed by atoms with Crippen LogP contribution in [-0.4, -0.2) is 38.7 Å². The minimum atomic E-state index is -0.240. The maximum atomic E-state index is 12.4. The number of rotatable bonds is 7. The average Bonchev–Trinajstić information content (AvgIpc) is 3.17. The van der Waals surface area contributed by atoms with E-state index in [0.717, 1.165) is 16.7 Å². The van der Waals surface area contributed by atoms with Crippen LogP contribution in [0, 0.1) is 0 Å². The van der Waals surface area contributed by atoms with Gasteiger partial charge in [0.15, 0.2) is 5.65 Å². The molecule has 3 heterocycles. The molecule has 3 aromatic heterocycles. The summed E-state index contributed by atoms with van der Waals surface area (Å²) in [4.78, 5) is 24.6. The number of hydrogen-bond donors (Lipinski definition) is 1. The molecule has 0 aliphatic rings. The molecule has 0 spiro atoms. The van der Waals surface area contributed by atoms with Crippen LogP contribution in [0.4, 0.5) is 0 Å². The number of hydrogen-bond acceptors (Lipinski definition) is 5. The van der Waals surface area contributed by atoms with Gasteiger partial charge in [-0.05, 0) is 30.3 Å². The lowest BCUT2D eigenvalue weighted by molar-refractivity contribution is -0.121. The summed E-state index contributed by atoms with van der Waals surface area (Å²) in [6.07, 6.45) is 4.06. The maximum Gasteiger partial charge on any atom is 0.279 e. The molecule has 1 amide bonds. The van der Waals surface area contributed by atoms with E-state index in [1.165, 1.54) is 4.40 Å². The van der Waals surface area contributed by atoms with Crippen LogP contribution in [0.2, 0.25) is 0 Å². The van der Waals surface area contributed by atoms with Crippen molar-refractivity contribution in [2.45, 2.75) is 19.4 Å². The van der Waals surface area contributed by atoms with E-state index in [2.05, 4.69) is 20.1 Å². The summed E-state index contributed by atoms with van der Waals surface area (Å²) < 4.78 is 8.88. The number of amides is 1. The molecular formula is C21H21N5O3. The van der Waals surface area contributed by atoms with Crippen LogP contribution in [-0.2, 0) is 17.8 Å². The monoisotopic (exact) mass is 391 g/mol. The standard InChI is InChI=1S/C21H21N5O3/c1-29-18-6-4-5-17-15(18)10-13-25(17)14-11-22-20(27)9-8-16-21(28)26-12-3-2-7-19(26)24-23-16/h2-7,10,12-13H,8-9,11,14H2,1H3,(H,22,27). The number of aromatic nitrogens is 4. The summed E-state index contributed by atoms with van der Waals surface area (Å²) in [6, 6.07) is 13.2. The van der Waals surface area contributed by atoms with E-state index in [1.54, 1.807) is 31.5 Å². The maximum absolute atomic E-state index is 12.4. The van der Waals surface area contributed by atoms with Gasteiger partial charge in [0.05, 0.1) is 12.6 Å². The van der Waals surface area contributed by atoms with Crippen molar-refractivity contribution in [2.75, 3.05) is 13.7 Å². The molecule has 0 unspecified atom stereocenters. The predicted molar refractivity (Wildman–Crippen MR) is 109 cm³/mol. The van der Waals surface area contributed by atoms with E-state index < -0.39 is 0 Å². The van der Waals surface area contributed by atoms with Crippen molar-refractivity contribution in [3.05, 3.63) is 70.9 Å². The Hall–Kier alpha value is -3.68. The van der Waals surface area contributed by atoms with Crippen LogP contribution in [0.15, 0.2) is 59.7 Å². The molecule has 0 saturated carbocycles. The number of carbonyl (C=O) groups is 1. The summed E-state index contributed by atoms with van der Waals surface area (Å²) in [5.74, 6) is 0.700. The van der Waals surface area contributed by atoms with Crippen molar-refractivity contribution in [2.24, 2.45) is 0 Å². The SMILES string of the molecule is COc1cccc2c1ccn2CCNC(=O)CCc1nnc2ccccn2c1=O. The van der Waals surface area contributed by atoms with Crippen LogP contribution in [0.5, 0.6) is 5.75 Å². The van der Waals surface area contributed by atoms with Crippen LogP contribution >= 0.6 is 0 Å². The Morgan fingerprint density at radius 1 is 1.10 bits per heavy atom. The molecule has 0 bridgehead atoms. The van der Waals surface area contributed by atoms with Crippen LogP contribution in [0.25, 0.3) is 16.6 Å². The van der Waals surface area contributed by atoms with E-state index in [9.17, 15) is 9.59 Å². The van der Waals surface area contributed by atoms with Crippen LogP contribution in [0.1, 0.15) is 12.1 Å². The number of ether oxygens (including phenoxy) is 1. The summed E-state index contributed by atoms with van der Waals surface area (Å²) in [6.45, 7) is 1.13. The van der Waals surface area contributed by atoms with Crippen LogP contribution < -0.4 is 15.6 Å². The molecule has 8 nitrogen and oxygen atoms in total. The van der Waals surface area contributed by atoms with E-state index in [-0.39, 0.29) is 30.0 Å². The van der Waals surface area contributed by atoms with Crippen molar-refractivity contribution < 1.29 is 9.53 Å². The van der Waals surface area contributed by atoms with Gasteiger partial charge in [0, 0.05) is 43.7 Å². The Labute approximate surface area is 166 Å². The Balaban J connectivity index is 1.33. The molecule has 0 fully saturated rings.